The van der Waals surface area contributed by atoms with Crippen LogP contribution >= 0.6 is 0 Å². The quantitative estimate of drug-likeness (QED) is 0.469. The van der Waals surface area contributed by atoms with E-state index in [-0.39, 0.29) is 21.1 Å². The number of fused-ring (bicyclic) bond motifs is 1. The number of benzene rings is 2. The standard InChI is InChI=1S/C8H5NO3.C6H6O3S/c10-7-5-3-1-2-4-6(5)8(11)9(7)12;7-10(8,9)6-4-2-1-3-5-6/h1-4,12H;1-5H,(H,7,8,9). The molecule has 0 saturated heterocycles. The van der Waals surface area contributed by atoms with Gasteiger partial charge >= 0.3 is 0 Å². The molecular formula is C14H11NO6S. The van der Waals surface area contributed by atoms with Gasteiger partial charge in [0.05, 0.1) is 16.0 Å². The largest absolute Gasteiger partial charge is 0.294 e. The van der Waals surface area contributed by atoms with Crippen LogP contribution in [0.2, 0.25) is 0 Å². The van der Waals surface area contributed by atoms with Crippen LogP contribution in [0.4, 0.5) is 0 Å². The van der Waals surface area contributed by atoms with E-state index in [0.717, 1.165) is 0 Å². The summed E-state index contributed by atoms with van der Waals surface area (Å²) in [6, 6.07) is 13.7. The van der Waals surface area contributed by atoms with Crippen molar-refractivity contribution in [3.8, 4) is 0 Å². The van der Waals surface area contributed by atoms with Gasteiger partial charge in [0.15, 0.2) is 0 Å². The SMILES string of the molecule is O=C1c2ccccc2C(=O)N1O.O=S(=O)(O)c1ccccc1. The predicted octanol–water partition coefficient (Wildman–Crippen LogP) is 1.61. The first-order valence-corrected chi connectivity index (χ1v) is 7.45. The smallest absolute Gasteiger partial charge is 0.282 e. The molecule has 2 N–H and O–H groups in total. The lowest BCUT2D eigenvalue weighted by atomic mass is 10.1. The highest BCUT2D eigenvalue weighted by Gasteiger charge is 2.33. The number of hydrogen-bond acceptors (Lipinski definition) is 5. The van der Waals surface area contributed by atoms with Crippen molar-refractivity contribution in [3.63, 3.8) is 0 Å². The number of carbonyl (C=O) groups is 2. The van der Waals surface area contributed by atoms with Gasteiger partial charge in [-0.3, -0.25) is 19.3 Å². The summed E-state index contributed by atoms with van der Waals surface area (Å²) in [4.78, 5) is 22.0. The minimum absolute atomic E-state index is 0.0741. The molecule has 1 heterocycles. The molecule has 0 fully saturated rings. The first-order chi connectivity index (χ1) is 10.3. The van der Waals surface area contributed by atoms with E-state index in [4.69, 9.17) is 9.76 Å². The van der Waals surface area contributed by atoms with Crippen molar-refractivity contribution in [1.29, 1.82) is 0 Å². The van der Waals surface area contributed by atoms with Gasteiger partial charge < -0.3 is 0 Å². The molecule has 0 atom stereocenters. The van der Waals surface area contributed by atoms with Crippen LogP contribution in [-0.2, 0) is 10.1 Å². The number of rotatable bonds is 1. The second-order valence-electron chi connectivity index (χ2n) is 4.26. The minimum Gasteiger partial charge on any atom is -0.282 e. The van der Waals surface area contributed by atoms with Gasteiger partial charge in [-0.05, 0) is 24.3 Å². The Bertz CT molecular complexity index is 781. The van der Waals surface area contributed by atoms with Gasteiger partial charge in [0, 0.05) is 0 Å². The summed E-state index contributed by atoms with van der Waals surface area (Å²) in [6.07, 6.45) is 0. The molecule has 1 aliphatic heterocycles. The van der Waals surface area contributed by atoms with Gasteiger partial charge in [0.25, 0.3) is 21.9 Å². The van der Waals surface area contributed by atoms with Gasteiger partial charge in [-0.25, -0.2) is 0 Å². The molecule has 114 valence electrons. The third-order valence-electron chi connectivity index (χ3n) is 2.81. The maximum absolute atomic E-state index is 11.1. The van der Waals surface area contributed by atoms with Gasteiger partial charge in [-0.15, -0.1) is 5.06 Å². The molecule has 3 rings (SSSR count). The van der Waals surface area contributed by atoms with Gasteiger partial charge in [-0.1, -0.05) is 30.3 Å². The van der Waals surface area contributed by atoms with E-state index in [9.17, 15) is 18.0 Å². The lowest BCUT2D eigenvalue weighted by Gasteiger charge is -1.99. The molecular weight excluding hydrogens is 310 g/mol. The van der Waals surface area contributed by atoms with Crippen molar-refractivity contribution < 1.29 is 27.8 Å². The number of imide groups is 1. The molecule has 0 bridgehead atoms. The Morgan fingerprint density at radius 2 is 1.18 bits per heavy atom. The number of hydrogen-bond donors (Lipinski definition) is 2. The molecule has 7 nitrogen and oxygen atoms in total. The van der Waals surface area contributed by atoms with Gasteiger partial charge in [0.1, 0.15) is 0 Å². The third-order valence-corrected chi connectivity index (χ3v) is 3.68. The summed E-state index contributed by atoms with van der Waals surface area (Å²) in [7, 11) is -4.00. The van der Waals surface area contributed by atoms with E-state index < -0.39 is 21.9 Å². The van der Waals surface area contributed by atoms with Crippen molar-refractivity contribution >= 4 is 21.9 Å². The number of hydroxylamine groups is 2. The average molecular weight is 321 g/mol. The Labute approximate surface area is 126 Å². The topological polar surface area (TPSA) is 112 Å². The summed E-state index contributed by atoms with van der Waals surface area (Å²) >= 11 is 0. The molecule has 2 aromatic rings. The fourth-order valence-electron chi connectivity index (χ4n) is 1.77. The zero-order valence-electron chi connectivity index (χ0n) is 11.1. The van der Waals surface area contributed by atoms with Crippen LogP contribution in [0.1, 0.15) is 20.7 Å². The molecule has 0 aromatic heterocycles. The highest BCUT2D eigenvalue weighted by atomic mass is 32.2. The van der Waals surface area contributed by atoms with Crippen LogP contribution in [-0.4, -0.2) is 35.1 Å². The second-order valence-corrected chi connectivity index (χ2v) is 5.68. The van der Waals surface area contributed by atoms with Crippen molar-refractivity contribution in [3.05, 3.63) is 65.7 Å². The maximum Gasteiger partial charge on any atom is 0.294 e. The van der Waals surface area contributed by atoms with E-state index in [1.54, 1.807) is 30.3 Å². The predicted molar refractivity (Wildman–Crippen MR) is 75.0 cm³/mol. The minimum atomic E-state index is -4.00. The molecule has 0 unspecified atom stereocenters. The van der Waals surface area contributed by atoms with Crippen LogP contribution in [0, 0.1) is 0 Å². The monoisotopic (exact) mass is 321 g/mol. The van der Waals surface area contributed by atoms with E-state index in [2.05, 4.69) is 0 Å². The van der Waals surface area contributed by atoms with E-state index in [1.807, 2.05) is 0 Å². The van der Waals surface area contributed by atoms with Crippen molar-refractivity contribution in [2.45, 2.75) is 4.90 Å². The highest BCUT2D eigenvalue weighted by molar-refractivity contribution is 7.85. The Hall–Kier alpha value is -2.55. The first-order valence-electron chi connectivity index (χ1n) is 6.01. The molecule has 0 radical (unpaired) electrons. The molecule has 2 aromatic carbocycles. The first kappa shape index (κ1) is 15.8. The van der Waals surface area contributed by atoms with Crippen molar-refractivity contribution in [2.75, 3.05) is 0 Å². The van der Waals surface area contributed by atoms with Crippen LogP contribution in [0.15, 0.2) is 59.5 Å². The Morgan fingerprint density at radius 1 is 0.773 bits per heavy atom. The van der Waals surface area contributed by atoms with Gasteiger partial charge in [-0.2, -0.15) is 8.42 Å². The molecule has 0 aliphatic carbocycles. The molecule has 22 heavy (non-hydrogen) atoms. The fourth-order valence-corrected chi connectivity index (χ4v) is 2.27. The number of amides is 2. The zero-order chi connectivity index (χ0) is 16.3. The van der Waals surface area contributed by atoms with Crippen LogP contribution in [0.3, 0.4) is 0 Å². The number of carbonyl (C=O) groups excluding carboxylic acids is 2. The van der Waals surface area contributed by atoms with E-state index in [0.29, 0.717) is 0 Å². The Balaban J connectivity index is 0.000000164. The third kappa shape index (κ3) is 3.19. The molecule has 8 heteroatoms. The molecule has 0 spiro atoms. The lowest BCUT2D eigenvalue weighted by Crippen LogP contribution is -2.25. The molecule has 0 saturated carbocycles. The summed E-state index contributed by atoms with van der Waals surface area (Å²) in [5.41, 5.74) is 0.509. The van der Waals surface area contributed by atoms with Crippen LogP contribution < -0.4 is 0 Å². The van der Waals surface area contributed by atoms with Gasteiger partial charge in [0.2, 0.25) is 0 Å². The lowest BCUT2D eigenvalue weighted by molar-refractivity contribution is -0.0327. The maximum atomic E-state index is 11.1. The number of nitrogens with zero attached hydrogens (tertiary/aromatic N) is 1. The van der Waals surface area contributed by atoms with E-state index >= 15 is 0 Å². The van der Waals surface area contributed by atoms with E-state index in [1.165, 1.54) is 24.3 Å². The summed E-state index contributed by atoms with van der Waals surface area (Å²) < 4.78 is 29.2. The fraction of sp³-hybridized carbons (Fsp3) is 0. The summed E-state index contributed by atoms with van der Waals surface area (Å²) in [6.45, 7) is 0. The van der Waals surface area contributed by atoms with Crippen molar-refractivity contribution in [1.82, 2.24) is 5.06 Å². The highest BCUT2D eigenvalue weighted by Crippen LogP contribution is 2.19. The molecule has 2 amide bonds. The Morgan fingerprint density at radius 3 is 1.55 bits per heavy atom. The van der Waals surface area contributed by atoms with Crippen LogP contribution in [0.25, 0.3) is 0 Å². The summed E-state index contributed by atoms with van der Waals surface area (Å²) in [5.74, 6) is -1.31. The summed E-state index contributed by atoms with van der Waals surface area (Å²) in [5, 5.41) is 9.05. The normalized spacial score (nSPS) is 13.5. The second kappa shape index (κ2) is 6.06. The van der Waals surface area contributed by atoms with Crippen molar-refractivity contribution in [2.24, 2.45) is 0 Å². The Kier molecular flexibility index (Phi) is 4.36. The molecule has 1 aliphatic rings. The van der Waals surface area contributed by atoms with Crippen LogP contribution in [0.5, 0.6) is 0 Å². The average Bonchev–Trinajstić information content (AvgIpc) is 2.73. The zero-order valence-corrected chi connectivity index (χ0v) is 11.9.